The van der Waals surface area contributed by atoms with Gasteiger partial charge in [0.25, 0.3) is 0 Å². The molecule has 1 fully saturated rings. The second-order valence-corrected chi connectivity index (χ2v) is 6.82. The third-order valence-corrected chi connectivity index (χ3v) is 4.77. The van der Waals surface area contributed by atoms with E-state index in [0.717, 1.165) is 28.7 Å². The Morgan fingerprint density at radius 1 is 1.50 bits per heavy atom. The summed E-state index contributed by atoms with van der Waals surface area (Å²) >= 11 is 3.43. The Kier molecular flexibility index (Phi) is 7.83. The number of amides is 1. The molecule has 0 radical (unpaired) electrons. The summed E-state index contributed by atoms with van der Waals surface area (Å²) < 4.78 is 1.02. The van der Waals surface area contributed by atoms with Crippen LogP contribution < -0.4 is 11.1 Å². The molecule has 0 saturated carbocycles. The van der Waals surface area contributed by atoms with Gasteiger partial charge in [0.15, 0.2) is 0 Å². The van der Waals surface area contributed by atoms with E-state index in [9.17, 15) is 4.79 Å². The lowest BCUT2D eigenvalue weighted by molar-refractivity contribution is -0.118. The van der Waals surface area contributed by atoms with E-state index >= 15 is 0 Å². The molecule has 1 amide bonds. The topological polar surface area (TPSA) is 58.4 Å². The number of carbonyl (C=O) groups is 1. The van der Waals surface area contributed by atoms with E-state index in [2.05, 4.69) is 33.1 Å². The van der Waals surface area contributed by atoms with Gasteiger partial charge in [0.1, 0.15) is 0 Å². The zero-order chi connectivity index (χ0) is 15.4. The van der Waals surface area contributed by atoms with Crippen molar-refractivity contribution in [1.29, 1.82) is 0 Å². The molecule has 0 bridgehead atoms. The number of benzene rings is 1. The average Bonchev–Trinajstić information content (AvgIpc) is 2.42. The van der Waals surface area contributed by atoms with E-state index in [1.165, 1.54) is 6.42 Å². The van der Waals surface area contributed by atoms with Gasteiger partial charge in [-0.2, -0.15) is 0 Å². The highest BCUT2D eigenvalue weighted by Crippen LogP contribution is 2.23. The highest BCUT2D eigenvalue weighted by molar-refractivity contribution is 9.10. The van der Waals surface area contributed by atoms with Crippen LogP contribution in [0, 0.1) is 12.8 Å². The standard InChI is InChI=1S/C16H24BrN3O.ClH/c1-11-4-3-7-20(15(11)9-18)10-16(21)19-14-6-5-13(17)8-12(14)2;/h5-6,8,11,15H,3-4,7,9-10,18H2,1-2H3,(H,19,21);1H. The number of carbonyl (C=O) groups excluding carboxylic acids is 1. The molecule has 0 spiro atoms. The summed E-state index contributed by atoms with van der Waals surface area (Å²) in [6.07, 6.45) is 2.34. The number of nitrogens with zero attached hydrogens (tertiary/aromatic N) is 1. The highest BCUT2D eigenvalue weighted by Gasteiger charge is 2.28. The number of hydrogen-bond acceptors (Lipinski definition) is 3. The Bertz CT molecular complexity index is 512. The maximum Gasteiger partial charge on any atom is 0.238 e. The summed E-state index contributed by atoms with van der Waals surface area (Å²) in [6, 6.07) is 6.18. The van der Waals surface area contributed by atoms with Crippen molar-refractivity contribution >= 4 is 39.9 Å². The largest absolute Gasteiger partial charge is 0.329 e. The van der Waals surface area contributed by atoms with Crippen molar-refractivity contribution in [2.24, 2.45) is 11.7 Å². The normalized spacial score (nSPS) is 22.0. The first-order valence-corrected chi connectivity index (χ1v) is 8.30. The first-order chi connectivity index (χ1) is 10.0. The Morgan fingerprint density at radius 2 is 2.23 bits per heavy atom. The number of likely N-dealkylation sites (tertiary alicyclic amines) is 1. The molecule has 1 heterocycles. The fourth-order valence-electron chi connectivity index (χ4n) is 3.05. The molecule has 6 heteroatoms. The number of nitrogens with one attached hydrogen (secondary N) is 1. The molecule has 1 aromatic rings. The van der Waals surface area contributed by atoms with Crippen molar-refractivity contribution in [2.75, 3.05) is 25.0 Å². The van der Waals surface area contributed by atoms with Crippen molar-refractivity contribution < 1.29 is 4.79 Å². The third-order valence-electron chi connectivity index (χ3n) is 4.28. The number of rotatable bonds is 4. The van der Waals surface area contributed by atoms with Crippen LogP contribution in [0.3, 0.4) is 0 Å². The van der Waals surface area contributed by atoms with Crippen LogP contribution in [0.25, 0.3) is 0 Å². The van der Waals surface area contributed by atoms with Gasteiger partial charge in [-0.15, -0.1) is 12.4 Å². The number of nitrogens with two attached hydrogens (primary N) is 1. The molecule has 1 aromatic carbocycles. The van der Waals surface area contributed by atoms with Crippen molar-refractivity contribution in [3.63, 3.8) is 0 Å². The Hall–Kier alpha value is -0.620. The van der Waals surface area contributed by atoms with Crippen LogP contribution in [0.5, 0.6) is 0 Å². The molecule has 3 N–H and O–H groups in total. The second-order valence-electron chi connectivity index (χ2n) is 5.90. The SMILES string of the molecule is Cc1cc(Br)ccc1NC(=O)CN1CCCC(C)C1CN.Cl. The quantitative estimate of drug-likeness (QED) is 0.830. The number of hydrogen-bond donors (Lipinski definition) is 2. The lowest BCUT2D eigenvalue weighted by atomic mass is 9.91. The minimum Gasteiger partial charge on any atom is -0.329 e. The predicted molar refractivity (Wildman–Crippen MR) is 97.6 cm³/mol. The van der Waals surface area contributed by atoms with E-state index < -0.39 is 0 Å². The minimum absolute atomic E-state index is 0. The smallest absolute Gasteiger partial charge is 0.238 e. The fourth-order valence-corrected chi connectivity index (χ4v) is 3.53. The molecule has 4 nitrogen and oxygen atoms in total. The summed E-state index contributed by atoms with van der Waals surface area (Å²) in [5.41, 5.74) is 7.80. The number of anilines is 1. The lowest BCUT2D eigenvalue weighted by Gasteiger charge is -2.38. The van der Waals surface area contributed by atoms with Gasteiger partial charge in [-0.1, -0.05) is 22.9 Å². The van der Waals surface area contributed by atoms with Crippen LogP contribution in [0.2, 0.25) is 0 Å². The van der Waals surface area contributed by atoms with Crippen molar-refractivity contribution in [2.45, 2.75) is 32.7 Å². The molecule has 2 atom stereocenters. The van der Waals surface area contributed by atoms with Gasteiger partial charge >= 0.3 is 0 Å². The summed E-state index contributed by atoms with van der Waals surface area (Å²) in [6.45, 7) is 6.21. The molecule has 1 aliphatic heterocycles. The van der Waals surface area contributed by atoms with Gasteiger partial charge in [0, 0.05) is 22.7 Å². The second kappa shape index (κ2) is 8.87. The maximum absolute atomic E-state index is 12.3. The third kappa shape index (κ3) is 4.95. The Balaban J connectivity index is 0.00000242. The van der Waals surface area contributed by atoms with Gasteiger partial charge in [0.05, 0.1) is 6.54 Å². The molecule has 0 aliphatic carbocycles. The molecule has 22 heavy (non-hydrogen) atoms. The summed E-state index contributed by atoms with van der Waals surface area (Å²) in [5, 5.41) is 3.00. The zero-order valence-corrected chi connectivity index (χ0v) is 15.5. The van der Waals surface area contributed by atoms with Crippen molar-refractivity contribution in [3.8, 4) is 0 Å². The van der Waals surface area contributed by atoms with E-state index in [4.69, 9.17) is 5.73 Å². The first-order valence-electron chi connectivity index (χ1n) is 7.51. The van der Waals surface area contributed by atoms with Crippen LogP contribution in [0.15, 0.2) is 22.7 Å². The fraction of sp³-hybridized carbons (Fsp3) is 0.562. The van der Waals surface area contributed by atoms with Gasteiger partial charge < -0.3 is 11.1 Å². The molecule has 2 unspecified atom stereocenters. The van der Waals surface area contributed by atoms with Crippen LogP contribution in [-0.2, 0) is 4.79 Å². The van der Waals surface area contributed by atoms with Crippen LogP contribution in [0.1, 0.15) is 25.3 Å². The van der Waals surface area contributed by atoms with E-state index in [1.54, 1.807) is 0 Å². The molecule has 1 aliphatic rings. The van der Waals surface area contributed by atoms with E-state index in [1.807, 2.05) is 25.1 Å². The minimum atomic E-state index is 0. The van der Waals surface area contributed by atoms with Gasteiger partial charge in [-0.3, -0.25) is 9.69 Å². The maximum atomic E-state index is 12.3. The molecule has 0 aromatic heterocycles. The van der Waals surface area contributed by atoms with Crippen molar-refractivity contribution in [1.82, 2.24) is 4.90 Å². The van der Waals surface area contributed by atoms with Crippen LogP contribution >= 0.6 is 28.3 Å². The van der Waals surface area contributed by atoms with Gasteiger partial charge in [0.2, 0.25) is 5.91 Å². The summed E-state index contributed by atoms with van der Waals surface area (Å²) in [4.78, 5) is 14.5. The molecule has 1 saturated heterocycles. The Labute approximate surface area is 147 Å². The summed E-state index contributed by atoms with van der Waals surface area (Å²) in [5.74, 6) is 0.596. The highest BCUT2D eigenvalue weighted by atomic mass is 79.9. The first kappa shape index (κ1) is 19.4. The molecule has 2 rings (SSSR count). The number of aryl methyl sites for hydroxylation is 1. The van der Waals surface area contributed by atoms with E-state index in [0.29, 0.717) is 25.0 Å². The zero-order valence-electron chi connectivity index (χ0n) is 13.1. The van der Waals surface area contributed by atoms with Gasteiger partial charge in [-0.25, -0.2) is 0 Å². The molecule has 124 valence electrons. The molecular weight excluding hydrogens is 366 g/mol. The number of piperidine rings is 1. The predicted octanol–water partition coefficient (Wildman–Crippen LogP) is 3.18. The average molecular weight is 391 g/mol. The van der Waals surface area contributed by atoms with Crippen molar-refractivity contribution in [3.05, 3.63) is 28.2 Å². The summed E-state index contributed by atoms with van der Waals surface area (Å²) in [7, 11) is 0. The molecular formula is C16H25BrClN3O. The van der Waals surface area contributed by atoms with Crippen LogP contribution in [0.4, 0.5) is 5.69 Å². The Morgan fingerprint density at radius 3 is 2.86 bits per heavy atom. The number of halogens is 2. The van der Waals surface area contributed by atoms with E-state index in [-0.39, 0.29) is 18.3 Å². The lowest BCUT2D eigenvalue weighted by Crippen LogP contribution is -2.51. The van der Waals surface area contributed by atoms with Gasteiger partial charge in [-0.05, 0) is 56.0 Å². The monoisotopic (exact) mass is 389 g/mol. The van der Waals surface area contributed by atoms with Crippen LogP contribution in [-0.4, -0.2) is 36.5 Å².